The molecule has 0 bridgehead atoms. The van der Waals surface area contributed by atoms with E-state index >= 15 is 0 Å². The summed E-state index contributed by atoms with van der Waals surface area (Å²) in [6, 6.07) is 0. The summed E-state index contributed by atoms with van der Waals surface area (Å²) >= 11 is 0. The van der Waals surface area contributed by atoms with Crippen LogP contribution in [0.3, 0.4) is 0 Å². The number of hydrogen-bond acceptors (Lipinski definition) is 1. The third-order valence-electron chi connectivity index (χ3n) is 2.79. The zero-order chi connectivity index (χ0) is 10.2. The van der Waals surface area contributed by atoms with Crippen molar-refractivity contribution >= 4 is 0 Å². The maximum absolute atomic E-state index is 3.63. The predicted molar refractivity (Wildman–Crippen MR) is 61.1 cm³/mol. The molecule has 1 aliphatic rings. The van der Waals surface area contributed by atoms with Gasteiger partial charge in [-0.3, -0.25) is 0 Å². The molecular formula is C12H27N. The van der Waals surface area contributed by atoms with Gasteiger partial charge in [0.15, 0.2) is 0 Å². The van der Waals surface area contributed by atoms with Gasteiger partial charge in [0.1, 0.15) is 0 Å². The van der Waals surface area contributed by atoms with Crippen molar-refractivity contribution in [3.63, 3.8) is 0 Å². The molecule has 1 fully saturated rings. The van der Waals surface area contributed by atoms with Crippen molar-refractivity contribution in [1.82, 2.24) is 5.32 Å². The van der Waals surface area contributed by atoms with Crippen LogP contribution in [-0.4, -0.2) is 12.1 Å². The van der Waals surface area contributed by atoms with Gasteiger partial charge in [-0.15, -0.1) is 0 Å². The molecule has 1 nitrogen and oxygen atoms in total. The SMILES string of the molecule is CC.CCCCCNC1(C)CCC1. The van der Waals surface area contributed by atoms with Crippen LogP contribution in [0.1, 0.15) is 66.2 Å². The van der Waals surface area contributed by atoms with E-state index in [4.69, 9.17) is 0 Å². The van der Waals surface area contributed by atoms with Crippen LogP contribution in [0.15, 0.2) is 0 Å². The fourth-order valence-corrected chi connectivity index (χ4v) is 1.65. The molecule has 0 radical (unpaired) electrons. The molecule has 0 aromatic heterocycles. The molecule has 0 atom stereocenters. The average molecular weight is 185 g/mol. The van der Waals surface area contributed by atoms with Crippen LogP contribution in [0.5, 0.6) is 0 Å². The molecule has 1 aliphatic carbocycles. The third kappa shape index (κ3) is 5.30. The van der Waals surface area contributed by atoms with Crippen LogP contribution >= 0.6 is 0 Å². The summed E-state index contributed by atoms with van der Waals surface area (Å²) in [6.07, 6.45) is 8.27. The highest BCUT2D eigenvalue weighted by molar-refractivity contribution is 4.90. The highest BCUT2D eigenvalue weighted by Crippen LogP contribution is 2.30. The van der Waals surface area contributed by atoms with E-state index in [0.717, 1.165) is 0 Å². The lowest BCUT2D eigenvalue weighted by molar-refractivity contribution is 0.208. The lowest BCUT2D eigenvalue weighted by atomic mass is 9.78. The van der Waals surface area contributed by atoms with Crippen molar-refractivity contribution in [2.75, 3.05) is 6.54 Å². The number of unbranched alkanes of at least 4 members (excludes halogenated alkanes) is 2. The maximum Gasteiger partial charge on any atom is 0.0153 e. The van der Waals surface area contributed by atoms with E-state index in [1.54, 1.807) is 0 Å². The van der Waals surface area contributed by atoms with Gasteiger partial charge in [0.05, 0.1) is 0 Å². The monoisotopic (exact) mass is 185 g/mol. The van der Waals surface area contributed by atoms with E-state index in [-0.39, 0.29) is 0 Å². The average Bonchev–Trinajstić information content (AvgIpc) is 2.13. The quantitative estimate of drug-likeness (QED) is 0.643. The van der Waals surface area contributed by atoms with Crippen LogP contribution in [0.4, 0.5) is 0 Å². The van der Waals surface area contributed by atoms with E-state index in [9.17, 15) is 0 Å². The predicted octanol–water partition coefficient (Wildman–Crippen LogP) is 3.74. The molecule has 0 aromatic rings. The Bertz CT molecular complexity index is 106. The van der Waals surface area contributed by atoms with Gasteiger partial charge in [0, 0.05) is 5.54 Å². The minimum atomic E-state index is 0.522. The second-order valence-electron chi connectivity index (χ2n) is 4.05. The van der Waals surface area contributed by atoms with E-state index in [2.05, 4.69) is 19.2 Å². The van der Waals surface area contributed by atoms with E-state index in [0.29, 0.717) is 5.54 Å². The summed E-state index contributed by atoms with van der Waals surface area (Å²) in [5.41, 5.74) is 0.522. The smallest absolute Gasteiger partial charge is 0.0153 e. The van der Waals surface area contributed by atoms with Crippen LogP contribution in [0.25, 0.3) is 0 Å². The highest BCUT2D eigenvalue weighted by atomic mass is 15.0. The first-order valence-corrected chi connectivity index (χ1v) is 6.02. The standard InChI is InChI=1S/C10H21N.C2H6/c1-3-4-5-9-11-10(2)7-6-8-10;1-2/h11H,3-9H2,1-2H3;1-2H3. The van der Waals surface area contributed by atoms with Crippen LogP contribution in [0, 0.1) is 0 Å². The first kappa shape index (κ1) is 13.0. The molecule has 1 N–H and O–H groups in total. The Kier molecular flexibility index (Phi) is 7.35. The molecule has 80 valence electrons. The normalized spacial score (nSPS) is 18.5. The number of hydrogen-bond donors (Lipinski definition) is 1. The molecule has 0 heterocycles. The minimum Gasteiger partial charge on any atom is -0.312 e. The second kappa shape index (κ2) is 7.37. The topological polar surface area (TPSA) is 12.0 Å². The largest absolute Gasteiger partial charge is 0.312 e. The van der Waals surface area contributed by atoms with Crippen molar-refractivity contribution in [3.8, 4) is 0 Å². The molecule has 0 amide bonds. The zero-order valence-electron chi connectivity index (χ0n) is 9.95. The highest BCUT2D eigenvalue weighted by Gasteiger charge is 2.30. The minimum absolute atomic E-state index is 0.522. The van der Waals surface area contributed by atoms with Gasteiger partial charge in [-0.2, -0.15) is 0 Å². The summed E-state index contributed by atoms with van der Waals surface area (Å²) in [5, 5.41) is 3.63. The van der Waals surface area contributed by atoms with Crippen molar-refractivity contribution in [2.24, 2.45) is 0 Å². The fourth-order valence-electron chi connectivity index (χ4n) is 1.65. The van der Waals surface area contributed by atoms with E-state index < -0.39 is 0 Å². The molecule has 0 spiro atoms. The Hall–Kier alpha value is -0.0400. The summed E-state index contributed by atoms with van der Waals surface area (Å²) in [4.78, 5) is 0. The molecule has 0 saturated heterocycles. The Morgan fingerprint density at radius 3 is 2.15 bits per heavy atom. The van der Waals surface area contributed by atoms with Gasteiger partial charge in [-0.1, -0.05) is 33.6 Å². The Labute approximate surface area is 84.3 Å². The first-order chi connectivity index (χ1) is 6.27. The lowest BCUT2D eigenvalue weighted by Gasteiger charge is -2.39. The van der Waals surface area contributed by atoms with E-state index in [1.165, 1.54) is 45.1 Å². The van der Waals surface area contributed by atoms with Crippen LogP contribution in [0.2, 0.25) is 0 Å². The number of nitrogens with one attached hydrogen (secondary N) is 1. The summed E-state index contributed by atoms with van der Waals surface area (Å²) in [6.45, 7) is 9.83. The second-order valence-corrected chi connectivity index (χ2v) is 4.05. The lowest BCUT2D eigenvalue weighted by Crippen LogP contribution is -2.48. The molecule has 13 heavy (non-hydrogen) atoms. The van der Waals surface area contributed by atoms with Gasteiger partial charge >= 0.3 is 0 Å². The van der Waals surface area contributed by atoms with Gasteiger partial charge in [0.25, 0.3) is 0 Å². The Balaban J connectivity index is 0.000000671. The van der Waals surface area contributed by atoms with Gasteiger partial charge in [-0.05, 0) is 39.2 Å². The Morgan fingerprint density at radius 1 is 1.15 bits per heavy atom. The van der Waals surface area contributed by atoms with Crippen LogP contribution < -0.4 is 5.32 Å². The van der Waals surface area contributed by atoms with Crippen molar-refractivity contribution < 1.29 is 0 Å². The molecule has 0 unspecified atom stereocenters. The van der Waals surface area contributed by atoms with Crippen molar-refractivity contribution in [1.29, 1.82) is 0 Å². The first-order valence-electron chi connectivity index (χ1n) is 6.02. The van der Waals surface area contributed by atoms with Gasteiger partial charge in [0.2, 0.25) is 0 Å². The fraction of sp³-hybridized carbons (Fsp3) is 1.00. The van der Waals surface area contributed by atoms with Gasteiger partial charge in [-0.25, -0.2) is 0 Å². The summed E-state index contributed by atoms with van der Waals surface area (Å²) in [7, 11) is 0. The molecule has 1 heteroatoms. The summed E-state index contributed by atoms with van der Waals surface area (Å²) in [5.74, 6) is 0. The molecule has 1 rings (SSSR count). The Morgan fingerprint density at radius 2 is 1.77 bits per heavy atom. The third-order valence-corrected chi connectivity index (χ3v) is 2.79. The van der Waals surface area contributed by atoms with Crippen molar-refractivity contribution in [2.45, 2.75) is 71.8 Å². The molecule has 0 aromatic carbocycles. The summed E-state index contributed by atoms with van der Waals surface area (Å²) < 4.78 is 0. The number of rotatable bonds is 5. The maximum atomic E-state index is 3.63. The van der Waals surface area contributed by atoms with E-state index in [1.807, 2.05) is 13.8 Å². The zero-order valence-corrected chi connectivity index (χ0v) is 9.95. The molecule has 0 aliphatic heterocycles. The molecule has 1 saturated carbocycles. The van der Waals surface area contributed by atoms with Crippen LogP contribution in [-0.2, 0) is 0 Å². The van der Waals surface area contributed by atoms with Crippen molar-refractivity contribution in [3.05, 3.63) is 0 Å². The molecular weight excluding hydrogens is 158 g/mol. The van der Waals surface area contributed by atoms with Gasteiger partial charge < -0.3 is 5.32 Å².